The topological polar surface area (TPSA) is 12.0 Å². The molecular formula is C9H19N. The van der Waals surface area contributed by atoms with Gasteiger partial charge in [0, 0.05) is 5.54 Å². The zero-order chi connectivity index (χ0) is 7.61. The maximum atomic E-state index is 3.56. The summed E-state index contributed by atoms with van der Waals surface area (Å²) < 4.78 is 0. The summed E-state index contributed by atoms with van der Waals surface area (Å²) in [4.78, 5) is 0. The van der Waals surface area contributed by atoms with Crippen LogP contribution in [0.1, 0.15) is 40.0 Å². The van der Waals surface area contributed by atoms with E-state index in [9.17, 15) is 0 Å². The molecule has 1 heteroatoms. The first kappa shape index (κ1) is 8.06. The third-order valence-electron chi connectivity index (χ3n) is 2.62. The third-order valence-corrected chi connectivity index (χ3v) is 2.62. The second-order valence-electron chi connectivity index (χ2n) is 4.08. The maximum Gasteiger partial charge on any atom is 0.0125 e. The Morgan fingerprint density at radius 2 is 2.20 bits per heavy atom. The van der Waals surface area contributed by atoms with Crippen LogP contribution < -0.4 is 5.32 Å². The Morgan fingerprint density at radius 3 is 2.60 bits per heavy atom. The first-order valence-corrected chi connectivity index (χ1v) is 4.39. The zero-order valence-electron chi connectivity index (χ0n) is 7.41. The average molecular weight is 141 g/mol. The monoisotopic (exact) mass is 141 g/mol. The Hall–Kier alpha value is -0.0400. The predicted octanol–water partition coefficient (Wildman–Crippen LogP) is 2.17. The van der Waals surface area contributed by atoms with Gasteiger partial charge < -0.3 is 5.32 Å². The average Bonchev–Trinajstić information content (AvgIpc) is 1.88. The summed E-state index contributed by atoms with van der Waals surface area (Å²) in [5.74, 6) is 0.938. The summed E-state index contributed by atoms with van der Waals surface area (Å²) >= 11 is 0. The van der Waals surface area contributed by atoms with Crippen molar-refractivity contribution in [2.75, 3.05) is 6.54 Å². The first-order valence-electron chi connectivity index (χ1n) is 4.39. The summed E-state index contributed by atoms with van der Waals surface area (Å²) in [6.07, 6.45) is 4.09. The lowest BCUT2D eigenvalue weighted by Crippen LogP contribution is -2.46. The second-order valence-corrected chi connectivity index (χ2v) is 4.08. The molecule has 0 aromatic carbocycles. The molecule has 1 N–H and O–H groups in total. The van der Waals surface area contributed by atoms with Gasteiger partial charge in [-0.15, -0.1) is 0 Å². The Bertz CT molecular complexity index is 97.3. The molecule has 1 rings (SSSR count). The highest BCUT2D eigenvalue weighted by molar-refractivity contribution is 4.84. The van der Waals surface area contributed by atoms with E-state index in [1.54, 1.807) is 0 Å². The van der Waals surface area contributed by atoms with Crippen LogP contribution in [0.4, 0.5) is 0 Å². The molecule has 0 saturated carbocycles. The van der Waals surface area contributed by atoms with Crippen molar-refractivity contribution >= 4 is 0 Å². The molecule has 0 bridgehead atoms. The minimum absolute atomic E-state index is 0.408. The summed E-state index contributed by atoms with van der Waals surface area (Å²) in [7, 11) is 0. The summed E-state index contributed by atoms with van der Waals surface area (Å²) in [5.41, 5.74) is 0.408. The normalized spacial score (nSPS) is 32.1. The predicted molar refractivity (Wildman–Crippen MR) is 45.1 cm³/mol. The molecule has 1 heterocycles. The van der Waals surface area contributed by atoms with Crippen molar-refractivity contribution in [1.29, 1.82) is 0 Å². The SMILES string of the molecule is CC[C@H]1CCC(C)(C)NC1. The highest BCUT2D eigenvalue weighted by Gasteiger charge is 2.24. The van der Waals surface area contributed by atoms with Crippen LogP contribution in [-0.2, 0) is 0 Å². The van der Waals surface area contributed by atoms with Crippen molar-refractivity contribution in [2.45, 2.75) is 45.6 Å². The van der Waals surface area contributed by atoms with Gasteiger partial charge in [-0.2, -0.15) is 0 Å². The summed E-state index contributed by atoms with van der Waals surface area (Å²) in [5, 5.41) is 3.56. The highest BCUT2D eigenvalue weighted by atomic mass is 15.0. The smallest absolute Gasteiger partial charge is 0.0125 e. The van der Waals surface area contributed by atoms with Gasteiger partial charge in [0.2, 0.25) is 0 Å². The van der Waals surface area contributed by atoms with Crippen molar-refractivity contribution in [2.24, 2.45) is 5.92 Å². The first-order chi connectivity index (χ1) is 4.64. The van der Waals surface area contributed by atoms with E-state index >= 15 is 0 Å². The molecule has 1 fully saturated rings. The van der Waals surface area contributed by atoms with Gasteiger partial charge in [0.1, 0.15) is 0 Å². The van der Waals surface area contributed by atoms with E-state index in [-0.39, 0.29) is 0 Å². The van der Waals surface area contributed by atoms with E-state index in [4.69, 9.17) is 0 Å². The number of piperidine rings is 1. The van der Waals surface area contributed by atoms with Gasteiger partial charge >= 0.3 is 0 Å². The van der Waals surface area contributed by atoms with E-state index in [0.29, 0.717) is 5.54 Å². The van der Waals surface area contributed by atoms with Crippen LogP contribution in [0.5, 0.6) is 0 Å². The fraction of sp³-hybridized carbons (Fsp3) is 1.00. The maximum absolute atomic E-state index is 3.56. The van der Waals surface area contributed by atoms with Crippen LogP contribution in [0.3, 0.4) is 0 Å². The Morgan fingerprint density at radius 1 is 1.50 bits per heavy atom. The standard InChI is InChI=1S/C9H19N/c1-4-8-5-6-9(2,3)10-7-8/h8,10H,4-7H2,1-3H3/t8-/m0/s1. The molecule has 10 heavy (non-hydrogen) atoms. The minimum atomic E-state index is 0.408. The highest BCUT2D eigenvalue weighted by Crippen LogP contribution is 2.23. The molecule has 0 aromatic rings. The molecule has 0 radical (unpaired) electrons. The minimum Gasteiger partial charge on any atom is -0.312 e. The van der Waals surface area contributed by atoms with E-state index in [1.807, 2.05) is 0 Å². The molecule has 0 unspecified atom stereocenters. The van der Waals surface area contributed by atoms with E-state index in [2.05, 4.69) is 26.1 Å². The van der Waals surface area contributed by atoms with Crippen molar-refractivity contribution < 1.29 is 0 Å². The molecule has 1 aliphatic rings. The summed E-state index contributed by atoms with van der Waals surface area (Å²) in [6.45, 7) is 8.09. The zero-order valence-corrected chi connectivity index (χ0v) is 7.41. The molecule has 1 aliphatic heterocycles. The lowest BCUT2D eigenvalue weighted by molar-refractivity contribution is 0.238. The summed E-state index contributed by atoms with van der Waals surface area (Å²) in [6, 6.07) is 0. The van der Waals surface area contributed by atoms with Crippen LogP contribution in [0.25, 0.3) is 0 Å². The Labute approximate surface area is 64.2 Å². The van der Waals surface area contributed by atoms with Crippen LogP contribution >= 0.6 is 0 Å². The number of rotatable bonds is 1. The van der Waals surface area contributed by atoms with Crippen molar-refractivity contribution in [3.05, 3.63) is 0 Å². The van der Waals surface area contributed by atoms with Gasteiger partial charge in [0.25, 0.3) is 0 Å². The molecule has 1 nitrogen and oxygen atoms in total. The van der Waals surface area contributed by atoms with E-state index in [1.165, 1.54) is 25.8 Å². The molecule has 0 aliphatic carbocycles. The number of hydrogen-bond donors (Lipinski definition) is 1. The van der Waals surface area contributed by atoms with Gasteiger partial charge in [0.05, 0.1) is 0 Å². The third kappa shape index (κ3) is 1.98. The second kappa shape index (κ2) is 2.91. The molecule has 0 spiro atoms. The molecule has 0 amide bonds. The van der Waals surface area contributed by atoms with Crippen molar-refractivity contribution in [3.63, 3.8) is 0 Å². The van der Waals surface area contributed by atoms with Gasteiger partial charge in [-0.05, 0) is 39.2 Å². The van der Waals surface area contributed by atoms with Crippen molar-refractivity contribution in [3.8, 4) is 0 Å². The Balaban J connectivity index is 2.31. The van der Waals surface area contributed by atoms with Gasteiger partial charge in [-0.25, -0.2) is 0 Å². The number of hydrogen-bond acceptors (Lipinski definition) is 1. The number of nitrogens with one attached hydrogen (secondary N) is 1. The molecular weight excluding hydrogens is 122 g/mol. The molecule has 1 atom stereocenters. The van der Waals surface area contributed by atoms with Crippen LogP contribution in [0.2, 0.25) is 0 Å². The van der Waals surface area contributed by atoms with Crippen LogP contribution in [0, 0.1) is 5.92 Å². The fourth-order valence-electron chi connectivity index (χ4n) is 1.52. The molecule has 0 aromatic heterocycles. The molecule has 1 saturated heterocycles. The largest absolute Gasteiger partial charge is 0.312 e. The van der Waals surface area contributed by atoms with Gasteiger partial charge in [-0.1, -0.05) is 13.3 Å². The van der Waals surface area contributed by atoms with Crippen LogP contribution in [0.15, 0.2) is 0 Å². The van der Waals surface area contributed by atoms with Gasteiger partial charge in [-0.3, -0.25) is 0 Å². The lowest BCUT2D eigenvalue weighted by atomic mass is 9.86. The van der Waals surface area contributed by atoms with Crippen LogP contribution in [-0.4, -0.2) is 12.1 Å². The Kier molecular flexibility index (Phi) is 2.35. The quantitative estimate of drug-likeness (QED) is 0.590. The van der Waals surface area contributed by atoms with Gasteiger partial charge in [0.15, 0.2) is 0 Å². The van der Waals surface area contributed by atoms with Crippen molar-refractivity contribution in [1.82, 2.24) is 5.32 Å². The van der Waals surface area contributed by atoms with E-state index in [0.717, 1.165) is 5.92 Å². The molecule has 60 valence electrons. The van der Waals surface area contributed by atoms with E-state index < -0.39 is 0 Å². The fourth-order valence-corrected chi connectivity index (χ4v) is 1.52. The lowest BCUT2D eigenvalue weighted by Gasteiger charge is -2.35.